The van der Waals surface area contributed by atoms with E-state index in [1.54, 1.807) is 0 Å². The van der Waals surface area contributed by atoms with Gasteiger partial charge in [0.1, 0.15) is 0 Å². The maximum atomic E-state index is 11.9. The number of aliphatic carboxylic acids is 2. The molecule has 3 aromatic carbocycles. The molecule has 0 heterocycles. The van der Waals surface area contributed by atoms with E-state index in [1.807, 2.05) is 84.9 Å². The lowest BCUT2D eigenvalue weighted by molar-refractivity contribution is -0.153. The van der Waals surface area contributed by atoms with Gasteiger partial charge in [-0.2, -0.15) is 0 Å². The quantitative estimate of drug-likeness (QED) is 0.607. The van der Waals surface area contributed by atoms with Crippen molar-refractivity contribution in [3.05, 3.63) is 96.1 Å². The van der Waals surface area contributed by atoms with Crippen LogP contribution in [0.4, 0.5) is 0 Å². The van der Waals surface area contributed by atoms with E-state index in [9.17, 15) is 19.8 Å². The van der Waals surface area contributed by atoms with Crippen molar-refractivity contribution in [1.29, 1.82) is 0 Å². The van der Waals surface area contributed by atoms with Gasteiger partial charge in [0, 0.05) is 0 Å². The van der Waals surface area contributed by atoms with Crippen molar-refractivity contribution in [1.82, 2.24) is 0 Å². The molecular formula is C24H22O4. The summed E-state index contributed by atoms with van der Waals surface area (Å²) >= 11 is 0. The number of hydrogen-bond donors (Lipinski definition) is 2. The Morgan fingerprint density at radius 1 is 0.571 bits per heavy atom. The molecular weight excluding hydrogens is 352 g/mol. The average Bonchev–Trinajstić information content (AvgIpc) is 2.72. The normalized spacial score (nSPS) is 12.9. The predicted octanol–water partition coefficient (Wildman–Crippen LogP) is 4.54. The molecule has 142 valence electrons. The molecule has 2 atom stereocenters. The fourth-order valence-electron chi connectivity index (χ4n) is 3.39. The number of hydrogen-bond acceptors (Lipinski definition) is 2. The molecule has 2 N–H and O–H groups in total. The molecule has 0 spiro atoms. The zero-order valence-electron chi connectivity index (χ0n) is 15.4. The monoisotopic (exact) mass is 374 g/mol. The van der Waals surface area contributed by atoms with E-state index in [2.05, 4.69) is 0 Å². The fraction of sp³-hybridized carbons (Fsp3) is 0.167. The number of rotatable bonds is 8. The van der Waals surface area contributed by atoms with Crippen LogP contribution in [-0.2, 0) is 22.4 Å². The third kappa shape index (κ3) is 4.86. The molecule has 0 aliphatic carbocycles. The van der Waals surface area contributed by atoms with Crippen LogP contribution in [0.3, 0.4) is 0 Å². The Bertz CT molecular complexity index is 918. The molecule has 0 aliphatic rings. The Morgan fingerprint density at radius 2 is 0.964 bits per heavy atom. The van der Waals surface area contributed by atoms with Gasteiger partial charge >= 0.3 is 11.9 Å². The summed E-state index contributed by atoms with van der Waals surface area (Å²) in [6, 6.07) is 26.7. The summed E-state index contributed by atoms with van der Waals surface area (Å²) < 4.78 is 0. The molecule has 0 amide bonds. The number of carbonyl (C=O) groups is 2. The van der Waals surface area contributed by atoms with Gasteiger partial charge in [-0.3, -0.25) is 9.59 Å². The number of carboxylic acid groups (broad SMARTS) is 2. The van der Waals surface area contributed by atoms with Gasteiger partial charge in [-0.25, -0.2) is 0 Å². The zero-order chi connectivity index (χ0) is 19.9. The van der Waals surface area contributed by atoms with Gasteiger partial charge in [-0.05, 0) is 35.1 Å². The molecule has 3 aromatic rings. The first kappa shape index (κ1) is 19.4. The Morgan fingerprint density at radius 3 is 1.43 bits per heavy atom. The first-order chi connectivity index (χ1) is 13.5. The van der Waals surface area contributed by atoms with Crippen LogP contribution in [0.1, 0.15) is 11.1 Å². The highest BCUT2D eigenvalue weighted by molar-refractivity contribution is 5.80. The summed E-state index contributed by atoms with van der Waals surface area (Å²) in [4.78, 5) is 23.7. The van der Waals surface area contributed by atoms with Gasteiger partial charge in [-0.15, -0.1) is 0 Å². The minimum absolute atomic E-state index is 0.175. The van der Waals surface area contributed by atoms with Gasteiger partial charge in [0.05, 0.1) is 11.8 Å². The molecule has 4 heteroatoms. The van der Waals surface area contributed by atoms with E-state index < -0.39 is 23.8 Å². The topological polar surface area (TPSA) is 74.6 Å². The summed E-state index contributed by atoms with van der Waals surface area (Å²) in [5.41, 5.74) is 3.75. The van der Waals surface area contributed by atoms with Crippen molar-refractivity contribution < 1.29 is 19.8 Å². The van der Waals surface area contributed by atoms with Crippen molar-refractivity contribution in [3.8, 4) is 11.1 Å². The van der Waals surface area contributed by atoms with Crippen LogP contribution >= 0.6 is 0 Å². The summed E-state index contributed by atoms with van der Waals surface area (Å²) in [6.45, 7) is 0. The maximum Gasteiger partial charge on any atom is 0.307 e. The van der Waals surface area contributed by atoms with Crippen molar-refractivity contribution >= 4 is 11.9 Å². The van der Waals surface area contributed by atoms with Crippen LogP contribution < -0.4 is 0 Å². The number of benzene rings is 3. The summed E-state index contributed by atoms with van der Waals surface area (Å²) in [7, 11) is 0. The Labute approximate surface area is 164 Å². The summed E-state index contributed by atoms with van der Waals surface area (Å²) in [5, 5.41) is 19.4. The highest BCUT2D eigenvalue weighted by Gasteiger charge is 2.33. The molecule has 0 saturated carbocycles. The number of carboxylic acids is 2. The first-order valence-electron chi connectivity index (χ1n) is 9.18. The molecule has 0 aliphatic heterocycles. The van der Waals surface area contributed by atoms with E-state index in [-0.39, 0.29) is 12.8 Å². The lowest BCUT2D eigenvalue weighted by Gasteiger charge is -2.21. The first-order valence-corrected chi connectivity index (χ1v) is 9.18. The second-order valence-corrected chi connectivity index (χ2v) is 6.85. The predicted molar refractivity (Wildman–Crippen MR) is 108 cm³/mol. The Hall–Kier alpha value is -3.40. The SMILES string of the molecule is O=C(O)C(Cc1ccccc1)C(Cc1ccc(-c2ccccc2)cc1)C(=O)O. The van der Waals surface area contributed by atoms with E-state index in [4.69, 9.17) is 0 Å². The highest BCUT2D eigenvalue weighted by atomic mass is 16.4. The second-order valence-electron chi connectivity index (χ2n) is 6.85. The molecule has 2 unspecified atom stereocenters. The zero-order valence-corrected chi connectivity index (χ0v) is 15.4. The van der Waals surface area contributed by atoms with Crippen LogP contribution in [0.15, 0.2) is 84.9 Å². The van der Waals surface area contributed by atoms with Crippen molar-refractivity contribution in [2.45, 2.75) is 12.8 Å². The van der Waals surface area contributed by atoms with Crippen LogP contribution in [0.2, 0.25) is 0 Å². The molecule has 0 fully saturated rings. The second kappa shape index (κ2) is 9.00. The molecule has 0 saturated heterocycles. The van der Waals surface area contributed by atoms with E-state index in [1.165, 1.54) is 0 Å². The molecule has 4 nitrogen and oxygen atoms in total. The molecule has 0 bridgehead atoms. The molecule has 0 radical (unpaired) electrons. The smallest absolute Gasteiger partial charge is 0.307 e. The third-order valence-corrected chi connectivity index (χ3v) is 4.94. The van der Waals surface area contributed by atoms with Crippen LogP contribution in [-0.4, -0.2) is 22.2 Å². The lowest BCUT2D eigenvalue weighted by atomic mass is 9.82. The fourth-order valence-corrected chi connectivity index (χ4v) is 3.39. The van der Waals surface area contributed by atoms with Crippen LogP contribution in [0.5, 0.6) is 0 Å². The van der Waals surface area contributed by atoms with Gasteiger partial charge < -0.3 is 10.2 Å². The maximum absolute atomic E-state index is 11.9. The highest BCUT2D eigenvalue weighted by Crippen LogP contribution is 2.25. The van der Waals surface area contributed by atoms with Gasteiger partial charge in [0.15, 0.2) is 0 Å². The third-order valence-electron chi connectivity index (χ3n) is 4.94. The standard InChI is InChI=1S/C24H22O4/c25-23(26)21(15-17-7-3-1-4-8-17)22(24(27)28)16-18-11-13-20(14-12-18)19-9-5-2-6-10-19/h1-14,21-22H,15-16H2,(H,25,26)(H,27,28). The summed E-state index contributed by atoms with van der Waals surface area (Å²) in [6.07, 6.45) is 0.365. The summed E-state index contributed by atoms with van der Waals surface area (Å²) in [5.74, 6) is -4.17. The minimum Gasteiger partial charge on any atom is -0.481 e. The molecule has 0 aromatic heterocycles. The van der Waals surface area contributed by atoms with E-state index in [0.29, 0.717) is 0 Å². The molecule has 3 rings (SSSR count). The van der Waals surface area contributed by atoms with Gasteiger partial charge in [0.2, 0.25) is 0 Å². The minimum atomic E-state index is -1.09. The van der Waals surface area contributed by atoms with Crippen molar-refractivity contribution in [2.75, 3.05) is 0 Å². The lowest BCUT2D eigenvalue weighted by Crippen LogP contribution is -2.33. The van der Waals surface area contributed by atoms with Crippen LogP contribution in [0, 0.1) is 11.8 Å². The Balaban J connectivity index is 1.79. The van der Waals surface area contributed by atoms with Gasteiger partial charge in [0.25, 0.3) is 0 Å². The Kier molecular flexibility index (Phi) is 6.22. The average molecular weight is 374 g/mol. The van der Waals surface area contributed by atoms with E-state index >= 15 is 0 Å². The molecule has 28 heavy (non-hydrogen) atoms. The van der Waals surface area contributed by atoms with Crippen molar-refractivity contribution in [3.63, 3.8) is 0 Å². The van der Waals surface area contributed by atoms with Gasteiger partial charge in [-0.1, -0.05) is 84.9 Å². The van der Waals surface area contributed by atoms with E-state index in [0.717, 1.165) is 22.3 Å². The van der Waals surface area contributed by atoms with Crippen molar-refractivity contribution in [2.24, 2.45) is 11.8 Å². The largest absolute Gasteiger partial charge is 0.481 e. The van der Waals surface area contributed by atoms with Crippen LogP contribution in [0.25, 0.3) is 11.1 Å².